The minimum Gasteiger partial charge on any atom is -0.383 e. The number of carbonyl (C=O) groups is 1. The van der Waals surface area contributed by atoms with Gasteiger partial charge in [0.2, 0.25) is 5.91 Å². The first-order valence-electron chi connectivity index (χ1n) is 7.37. The molecule has 0 saturated carbocycles. The van der Waals surface area contributed by atoms with E-state index in [4.69, 9.17) is 5.73 Å². The lowest BCUT2D eigenvalue weighted by molar-refractivity contribution is -0.119. The Hall–Kier alpha value is -1.34. The van der Waals surface area contributed by atoms with Gasteiger partial charge in [-0.15, -0.1) is 11.3 Å². The lowest BCUT2D eigenvalue weighted by Gasteiger charge is -2.12. The van der Waals surface area contributed by atoms with Crippen molar-refractivity contribution in [3.8, 4) is 0 Å². The number of nitrogen functional groups attached to an aromatic ring is 1. The van der Waals surface area contributed by atoms with E-state index in [1.165, 1.54) is 16.6 Å². The molecule has 0 fully saturated rings. The molecule has 1 unspecified atom stereocenters. The maximum atomic E-state index is 11.9. The summed E-state index contributed by atoms with van der Waals surface area (Å²) in [6, 6.07) is 0.203. The Bertz CT molecular complexity index is 684. The molecule has 0 saturated heterocycles. The van der Waals surface area contributed by atoms with Gasteiger partial charge in [0, 0.05) is 10.9 Å². The second kappa shape index (κ2) is 7.28. The number of aromatic nitrogens is 2. The van der Waals surface area contributed by atoms with Crippen LogP contribution in [0.1, 0.15) is 37.1 Å². The molecule has 5 nitrogen and oxygen atoms in total. The van der Waals surface area contributed by atoms with E-state index in [2.05, 4.69) is 29.1 Å². The third-order valence-corrected chi connectivity index (χ3v) is 5.45. The Balaban J connectivity index is 2.05. The van der Waals surface area contributed by atoms with Gasteiger partial charge in [0.25, 0.3) is 0 Å². The summed E-state index contributed by atoms with van der Waals surface area (Å²) in [4.78, 5) is 22.8. The minimum absolute atomic E-state index is 0.00626. The standard InChI is InChI=1S/C15H22N4OS2/c1-5-6-8(2)17-11(20)7-21-15-18-13(16)12-9(3)10(4)22-14(12)19-15/h8H,5-7H2,1-4H3,(H,17,20)(H2,16,18,19). The molecule has 0 aliphatic rings. The molecule has 0 bridgehead atoms. The van der Waals surface area contributed by atoms with Crippen LogP contribution in [-0.2, 0) is 4.79 Å². The Morgan fingerprint density at radius 3 is 2.82 bits per heavy atom. The summed E-state index contributed by atoms with van der Waals surface area (Å²) in [7, 11) is 0. The Morgan fingerprint density at radius 2 is 2.14 bits per heavy atom. The van der Waals surface area contributed by atoms with Gasteiger partial charge in [0.15, 0.2) is 5.16 Å². The lowest BCUT2D eigenvalue weighted by Crippen LogP contribution is -2.33. The van der Waals surface area contributed by atoms with Gasteiger partial charge in [0.05, 0.1) is 11.1 Å². The molecule has 2 aromatic rings. The van der Waals surface area contributed by atoms with Crippen molar-refractivity contribution in [3.05, 3.63) is 10.4 Å². The van der Waals surface area contributed by atoms with E-state index in [1.54, 1.807) is 11.3 Å². The number of hydrogen-bond donors (Lipinski definition) is 2. The van der Waals surface area contributed by atoms with Gasteiger partial charge >= 0.3 is 0 Å². The predicted molar refractivity (Wildman–Crippen MR) is 94.5 cm³/mol. The number of hydrogen-bond acceptors (Lipinski definition) is 6. The first kappa shape index (κ1) is 17.0. The van der Waals surface area contributed by atoms with Crippen LogP contribution >= 0.6 is 23.1 Å². The molecule has 0 aromatic carbocycles. The molecule has 1 amide bonds. The highest BCUT2D eigenvalue weighted by Gasteiger charge is 2.14. The molecule has 7 heteroatoms. The highest BCUT2D eigenvalue weighted by atomic mass is 32.2. The molecule has 1 atom stereocenters. The fourth-order valence-electron chi connectivity index (χ4n) is 2.28. The maximum absolute atomic E-state index is 11.9. The SMILES string of the molecule is CCCC(C)NC(=O)CSc1nc(N)c2c(C)c(C)sc2n1. The van der Waals surface area contributed by atoms with Crippen molar-refractivity contribution in [1.29, 1.82) is 0 Å². The number of aryl methyl sites for hydroxylation is 2. The van der Waals surface area contributed by atoms with E-state index in [1.807, 2.05) is 13.8 Å². The van der Waals surface area contributed by atoms with Crippen LogP contribution in [0.25, 0.3) is 10.2 Å². The van der Waals surface area contributed by atoms with E-state index in [0.29, 0.717) is 16.7 Å². The first-order chi connectivity index (χ1) is 10.4. The molecule has 120 valence electrons. The van der Waals surface area contributed by atoms with Gasteiger partial charge in [-0.05, 0) is 32.8 Å². The van der Waals surface area contributed by atoms with E-state index >= 15 is 0 Å². The summed E-state index contributed by atoms with van der Waals surface area (Å²) in [5, 5.41) is 4.47. The van der Waals surface area contributed by atoms with Crippen LogP contribution in [0.15, 0.2) is 5.16 Å². The highest BCUT2D eigenvalue weighted by Crippen LogP contribution is 2.33. The third kappa shape index (κ3) is 3.89. The molecule has 2 rings (SSSR count). The molecule has 2 aromatic heterocycles. The smallest absolute Gasteiger partial charge is 0.230 e. The van der Waals surface area contributed by atoms with E-state index < -0.39 is 0 Å². The number of nitrogens with one attached hydrogen (secondary N) is 1. The Labute approximate surface area is 139 Å². The van der Waals surface area contributed by atoms with Gasteiger partial charge in [0.1, 0.15) is 10.6 Å². The molecule has 3 N–H and O–H groups in total. The van der Waals surface area contributed by atoms with Crippen molar-refractivity contribution in [2.75, 3.05) is 11.5 Å². The fourth-order valence-corrected chi connectivity index (χ4v) is 4.03. The zero-order valence-corrected chi connectivity index (χ0v) is 15.0. The summed E-state index contributed by atoms with van der Waals surface area (Å²) >= 11 is 2.94. The summed E-state index contributed by atoms with van der Waals surface area (Å²) in [6.45, 7) is 8.21. The monoisotopic (exact) mass is 338 g/mol. The van der Waals surface area contributed by atoms with Gasteiger partial charge < -0.3 is 11.1 Å². The van der Waals surface area contributed by atoms with Gasteiger partial charge in [-0.2, -0.15) is 0 Å². The molecule has 0 aliphatic carbocycles. The van der Waals surface area contributed by atoms with Crippen molar-refractivity contribution >= 4 is 45.0 Å². The number of thioether (sulfide) groups is 1. The number of amides is 1. The van der Waals surface area contributed by atoms with E-state index in [-0.39, 0.29) is 11.9 Å². The number of carbonyl (C=O) groups excluding carboxylic acids is 1. The molecular formula is C15H22N4OS2. The highest BCUT2D eigenvalue weighted by molar-refractivity contribution is 7.99. The van der Waals surface area contributed by atoms with E-state index in [0.717, 1.165) is 28.6 Å². The Kier molecular flexibility index (Phi) is 5.63. The number of nitrogens with two attached hydrogens (primary N) is 1. The molecular weight excluding hydrogens is 316 g/mol. The summed E-state index contributed by atoms with van der Waals surface area (Å²) in [5.74, 6) is 0.809. The van der Waals surface area contributed by atoms with Gasteiger partial charge in [-0.25, -0.2) is 9.97 Å². The third-order valence-electron chi connectivity index (χ3n) is 3.50. The summed E-state index contributed by atoms with van der Waals surface area (Å²) in [6.07, 6.45) is 2.04. The number of anilines is 1. The van der Waals surface area contributed by atoms with Crippen LogP contribution in [0.3, 0.4) is 0 Å². The van der Waals surface area contributed by atoms with Crippen LogP contribution in [0.5, 0.6) is 0 Å². The lowest BCUT2D eigenvalue weighted by atomic mass is 10.2. The van der Waals surface area contributed by atoms with Crippen molar-refractivity contribution < 1.29 is 4.79 Å². The van der Waals surface area contributed by atoms with Crippen molar-refractivity contribution in [1.82, 2.24) is 15.3 Å². The van der Waals surface area contributed by atoms with Crippen molar-refractivity contribution in [2.24, 2.45) is 0 Å². The molecule has 0 aliphatic heterocycles. The van der Waals surface area contributed by atoms with Gasteiger partial charge in [-0.3, -0.25) is 4.79 Å². The molecule has 22 heavy (non-hydrogen) atoms. The molecule has 0 spiro atoms. The predicted octanol–water partition coefficient (Wildman–Crippen LogP) is 3.29. The largest absolute Gasteiger partial charge is 0.383 e. The van der Waals surface area contributed by atoms with E-state index in [9.17, 15) is 4.79 Å². The second-order valence-electron chi connectivity index (χ2n) is 5.40. The average Bonchev–Trinajstić information content (AvgIpc) is 2.72. The van der Waals surface area contributed by atoms with Gasteiger partial charge in [-0.1, -0.05) is 25.1 Å². The quantitative estimate of drug-likeness (QED) is 0.624. The topological polar surface area (TPSA) is 80.9 Å². The molecule has 0 radical (unpaired) electrons. The van der Waals surface area contributed by atoms with Crippen molar-refractivity contribution in [2.45, 2.75) is 51.7 Å². The number of rotatable bonds is 6. The first-order valence-corrected chi connectivity index (χ1v) is 9.18. The number of nitrogens with zero attached hydrogens (tertiary/aromatic N) is 2. The van der Waals surface area contributed by atoms with Crippen LogP contribution in [0.4, 0.5) is 5.82 Å². The average molecular weight is 339 g/mol. The second-order valence-corrected chi connectivity index (χ2v) is 7.55. The van der Waals surface area contributed by atoms with Crippen LogP contribution in [0, 0.1) is 13.8 Å². The maximum Gasteiger partial charge on any atom is 0.230 e. The number of thiophene rings is 1. The van der Waals surface area contributed by atoms with Crippen LogP contribution < -0.4 is 11.1 Å². The molecule has 2 heterocycles. The Morgan fingerprint density at radius 1 is 1.41 bits per heavy atom. The van der Waals surface area contributed by atoms with Crippen LogP contribution in [0.2, 0.25) is 0 Å². The number of fused-ring (bicyclic) bond motifs is 1. The zero-order chi connectivity index (χ0) is 16.3. The zero-order valence-electron chi connectivity index (χ0n) is 13.4. The summed E-state index contributed by atoms with van der Waals surface area (Å²) in [5.41, 5.74) is 7.18. The fraction of sp³-hybridized carbons (Fsp3) is 0.533. The van der Waals surface area contributed by atoms with Crippen molar-refractivity contribution in [3.63, 3.8) is 0 Å². The normalized spacial score (nSPS) is 12.5. The summed E-state index contributed by atoms with van der Waals surface area (Å²) < 4.78 is 0. The minimum atomic E-state index is 0.00626. The van der Waals surface area contributed by atoms with Crippen LogP contribution in [-0.4, -0.2) is 27.7 Å².